The molecule has 2 aromatic heterocycles. The summed E-state index contributed by atoms with van der Waals surface area (Å²) in [5, 5.41) is 3.76. The maximum absolute atomic E-state index is 12.5. The summed E-state index contributed by atoms with van der Waals surface area (Å²) >= 11 is 0. The van der Waals surface area contributed by atoms with E-state index in [1.165, 1.54) is 0 Å². The van der Waals surface area contributed by atoms with Crippen LogP contribution in [0.25, 0.3) is 10.9 Å². The number of hydrogen-bond donors (Lipinski definition) is 1. The van der Waals surface area contributed by atoms with Gasteiger partial charge in [0.15, 0.2) is 0 Å². The molecule has 0 aliphatic heterocycles. The van der Waals surface area contributed by atoms with Crippen LogP contribution in [-0.4, -0.2) is 15.9 Å². The van der Waals surface area contributed by atoms with E-state index < -0.39 is 0 Å². The molecule has 3 aromatic rings. The predicted molar refractivity (Wildman–Crippen MR) is 83.4 cm³/mol. The van der Waals surface area contributed by atoms with Crippen molar-refractivity contribution in [1.82, 2.24) is 9.97 Å². The highest BCUT2D eigenvalue weighted by atomic mass is 16.1. The van der Waals surface area contributed by atoms with Gasteiger partial charge >= 0.3 is 0 Å². The topological polar surface area (TPSA) is 54.9 Å². The van der Waals surface area contributed by atoms with Crippen molar-refractivity contribution in [2.45, 2.75) is 13.8 Å². The Morgan fingerprint density at radius 1 is 1.05 bits per heavy atom. The number of benzene rings is 1. The second kappa shape index (κ2) is 5.32. The van der Waals surface area contributed by atoms with Gasteiger partial charge in [0, 0.05) is 28.7 Å². The summed E-state index contributed by atoms with van der Waals surface area (Å²) in [6, 6.07) is 13.1. The van der Waals surface area contributed by atoms with E-state index in [4.69, 9.17) is 0 Å². The maximum atomic E-state index is 12.5. The van der Waals surface area contributed by atoms with Gasteiger partial charge < -0.3 is 5.32 Å². The van der Waals surface area contributed by atoms with Crippen molar-refractivity contribution >= 4 is 22.5 Å². The summed E-state index contributed by atoms with van der Waals surface area (Å²) in [4.78, 5) is 21.1. The SMILES string of the molecule is Cc1cc(NC(=O)c2cc(C)nc3ccccc23)ccn1. The fourth-order valence-electron chi connectivity index (χ4n) is 2.32. The van der Waals surface area contributed by atoms with Crippen molar-refractivity contribution < 1.29 is 4.79 Å². The molecule has 0 saturated carbocycles. The molecule has 0 bridgehead atoms. The minimum atomic E-state index is -0.137. The normalized spacial score (nSPS) is 10.6. The predicted octanol–water partition coefficient (Wildman–Crippen LogP) is 3.50. The lowest BCUT2D eigenvalue weighted by Gasteiger charge is -2.09. The first kappa shape index (κ1) is 13.2. The van der Waals surface area contributed by atoms with Crippen LogP contribution in [0.15, 0.2) is 48.7 Å². The highest BCUT2D eigenvalue weighted by Gasteiger charge is 2.12. The number of pyridine rings is 2. The van der Waals surface area contributed by atoms with Crippen molar-refractivity contribution in [3.63, 3.8) is 0 Å². The third-order valence-electron chi connectivity index (χ3n) is 3.24. The summed E-state index contributed by atoms with van der Waals surface area (Å²) in [6.07, 6.45) is 1.68. The van der Waals surface area contributed by atoms with Gasteiger partial charge in [0.25, 0.3) is 5.91 Å². The smallest absolute Gasteiger partial charge is 0.256 e. The summed E-state index contributed by atoms with van der Waals surface area (Å²) in [5.41, 5.74) is 3.89. The Bertz CT molecular complexity index is 827. The number of carbonyl (C=O) groups is 1. The van der Waals surface area contributed by atoms with E-state index in [9.17, 15) is 4.79 Å². The molecule has 4 nitrogen and oxygen atoms in total. The second-order valence-corrected chi connectivity index (χ2v) is 4.97. The largest absolute Gasteiger partial charge is 0.322 e. The lowest BCUT2D eigenvalue weighted by atomic mass is 10.1. The van der Waals surface area contributed by atoms with Crippen molar-refractivity contribution in [3.05, 3.63) is 65.6 Å². The van der Waals surface area contributed by atoms with Crippen LogP contribution in [0.2, 0.25) is 0 Å². The molecule has 21 heavy (non-hydrogen) atoms. The average Bonchev–Trinajstić information content (AvgIpc) is 2.46. The average molecular weight is 277 g/mol. The van der Waals surface area contributed by atoms with Gasteiger partial charge in [-0.3, -0.25) is 14.8 Å². The van der Waals surface area contributed by atoms with Gasteiger partial charge in [-0.1, -0.05) is 18.2 Å². The zero-order valence-corrected chi connectivity index (χ0v) is 11.9. The third kappa shape index (κ3) is 2.74. The van der Waals surface area contributed by atoms with Crippen LogP contribution >= 0.6 is 0 Å². The monoisotopic (exact) mass is 277 g/mol. The summed E-state index contributed by atoms with van der Waals surface area (Å²) < 4.78 is 0. The Hall–Kier alpha value is -2.75. The number of aromatic nitrogens is 2. The van der Waals surface area contributed by atoms with Crippen molar-refractivity contribution in [2.24, 2.45) is 0 Å². The lowest BCUT2D eigenvalue weighted by molar-refractivity contribution is 0.102. The number of amides is 1. The first-order valence-corrected chi connectivity index (χ1v) is 6.74. The standard InChI is InChI=1S/C17H15N3O/c1-11-9-13(7-8-18-11)20-17(21)15-10-12(2)19-16-6-4-3-5-14(15)16/h3-10H,1-2H3,(H,18,20,21). The Morgan fingerprint density at radius 2 is 1.86 bits per heavy atom. The zero-order valence-electron chi connectivity index (χ0n) is 11.9. The summed E-state index contributed by atoms with van der Waals surface area (Å²) in [7, 11) is 0. The van der Waals surface area contributed by atoms with Crippen LogP contribution in [0, 0.1) is 13.8 Å². The van der Waals surface area contributed by atoms with E-state index in [-0.39, 0.29) is 5.91 Å². The molecular formula is C17H15N3O. The van der Waals surface area contributed by atoms with E-state index >= 15 is 0 Å². The Balaban J connectivity index is 2.02. The number of anilines is 1. The molecule has 0 radical (unpaired) electrons. The molecule has 1 aromatic carbocycles. The molecule has 1 N–H and O–H groups in total. The number of nitrogens with zero attached hydrogens (tertiary/aromatic N) is 2. The van der Waals surface area contributed by atoms with E-state index in [2.05, 4.69) is 15.3 Å². The van der Waals surface area contributed by atoms with Crippen molar-refractivity contribution in [1.29, 1.82) is 0 Å². The number of aryl methyl sites for hydroxylation is 2. The van der Waals surface area contributed by atoms with Gasteiger partial charge in [0.2, 0.25) is 0 Å². The third-order valence-corrected chi connectivity index (χ3v) is 3.24. The molecule has 0 saturated heterocycles. The number of nitrogens with one attached hydrogen (secondary N) is 1. The fourth-order valence-corrected chi connectivity index (χ4v) is 2.32. The Morgan fingerprint density at radius 3 is 2.67 bits per heavy atom. The number of hydrogen-bond acceptors (Lipinski definition) is 3. The Labute approximate surface area is 122 Å². The second-order valence-electron chi connectivity index (χ2n) is 4.97. The zero-order chi connectivity index (χ0) is 14.8. The Kier molecular flexibility index (Phi) is 3.36. The number of para-hydroxylation sites is 1. The van der Waals surface area contributed by atoms with E-state index in [1.807, 2.05) is 50.2 Å². The summed E-state index contributed by atoms with van der Waals surface area (Å²) in [6.45, 7) is 3.78. The van der Waals surface area contributed by atoms with Crippen LogP contribution in [-0.2, 0) is 0 Å². The van der Waals surface area contributed by atoms with Crippen LogP contribution < -0.4 is 5.32 Å². The van der Waals surface area contributed by atoms with Gasteiger partial charge in [0.05, 0.1) is 11.1 Å². The highest BCUT2D eigenvalue weighted by Crippen LogP contribution is 2.19. The molecule has 104 valence electrons. The van der Waals surface area contributed by atoms with Crippen molar-refractivity contribution in [2.75, 3.05) is 5.32 Å². The minimum absolute atomic E-state index is 0.137. The first-order valence-electron chi connectivity index (χ1n) is 6.74. The summed E-state index contributed by atoms with van der Waals surface area (Å²) in [5.74, 6) is -0.137. The minimum Gasteiger partial charge on any atom is -0.322 e. The molecule has 1 amide bonds. The van der Waals surface area contributed by atoms with Gasteiger partial charge in [-0.15, -0.1) is 0 Å². The van der Waals surface area contributed by atoms with Gasteiger partial charge in [-0.25, -0.2) is 0 Å². The molecule has 0 fully saturated rings. The highest BCUT2D eigenvalue weighted by molar-refractivity contribution is 6.12. The molecule has 0 atom stereocenters. The quantitative estimate of drug-likeness (QED) is 0.780. The van der Waals surface area contributed by atoms with E-state index in [0.717, 1.165) is 28.0 Å². The molecule has 3 rings (SSSR count). The van der Waals surface area contributed by atoms with Crippen LogP contribution in [0.4, 0.5) is 5.69 Å². The van der Waals surface area contributed by atoms with E-state index in [1.54, 1.807) is 12.3 Å². The molecule has 2 heterocycles. The molecule has 0 unspecified atom stereocenters. The molecule has 0 aliphatic rings. The lowest BCUT2D eigenvalue weighted by Crippen LogP contribution is -2.13. The maximum Gasteiger partial charge on any atom is 0.256 e. The fraction of sp³-hybridized carbons (Fsp3) is 0.118. The van der Waals surface area contributed by atoms with Crippen molar-refractivity contribution in [3.8, 4) is 0 Å². The van der Waals surface area contributed by atoms with Gasteiger partial charge in [-0.05, 0) is 38.1 Å². The number of rotatable bonds is 2. The van der Waals surface area contributed by atoms with Crippen LogP contribution in [0.1, 0.15) is 21.7 Å². The molecular weight excluding hydrogens is 262 g/mol. The number of carbonyl (C=O) groups excluding carboxylic acids is 1. The number of fused-ring (bicyclic) bond motifs is 1. The molecule has 0 spiro atoms. The molecule has 0 aliphatic carbocycles. The van der Waals surface area contributed by atoms with Gasteiger partial charge in [-0.2, -0.15) is 0 Å². The first-order chi connectivity index (χ1) is 10.1. The van der Waals surface area contributed by atoms with Crippen LogP contribution in [0.5, 0.6) is 0 Å². The molecule has 4 heteroatoms. The van der Waals surface area contributed by atoms with Crippen LogP contribution in [0.3, 0.4) is 0 Å². The van der Waals surface area contributed by atoms with E-state index in [0.29, 0.717) is 5.56 Å². The van der Waals surface area contributed by atoms with Gasteiger partial charge in [0.1, 0.15) is 0 Å².